The number of methoxy groups -OCH3 is 2. The van der Waals surface area contributed by atoms with Gasteiger partial charge in [-0.15, -0.1) is 0 Å². The van der Waals surface area contributed by atoms with Gasteiger partial charge < -0.3 is 9.47 Å². The molecule has 4 rings (SSSR count). The predicted molar refractivity (Wildman–Crippen MR) is 119 cm³/mol. The molecule has 4 aromatic rings. The van der Waals surface area contributed by atoms with Gasteiger partial charge in [-0.05, 0) is 12.1 Å². The highest BCUT2D eigenvalue weighted by Gasteiger charge is 2.27. The lowest BCUT2D eigenvalue weighted by Gasteiger charge is -2.09. The van der Waals surface area contributed by atoms with E-state index in [1.165, 1.54) is 50.9 Å². The van der Waals surface area contributed by atoms with E-state index in [-0.39, 0.29) is 44.8 Å². The number of ketones is 2. The lowest BCUT2D eigenvalue weighted by molar-refractivity contribution is 0.0590. The van der Waals surface area contributed by atoms with Crippen LogP contribution in [0.5, 0.6) is 0 Å². The minimum atomic E-state index is -0.661. The van der Waals surface area contributed by atoms with Crippen LogP contribution in [0.4, 0.5) is 0 Å². The fraction of sp³-hybridized carbons (Fsp3) is 0.0833. The van der Waals surface area contributed by atoms with Crippen molar-refractivity contribution in [2.75, 3.05) is 14.2 Å². The van der Waals surface area contributed by atoms with Crippen molar-refractivity contribution >= 4 is 23.5 Å². The van der Waals surface area contributed by atoms with E-state index in [4.69, 9.17) is 9.47 Å². The maximum atomic E-state index is 13.3. The molecule has 170 valence electrons. The van der Waals surface area contributed by atoms with Crippen LogP contribution in [0.15, 0.2) is 60.9 Å². The van der Waals surface area contributed by atoms with Gasteiger partial charge in [0.15, 0.2) is 11.6 Å². The van der Waals surface area contributed by atoms with E-state index in [1.807, 2.05) is 0 Å². The molecule has 0 aliphatic rings. The number of carbonyl (C=O) groups is 4. The topological polar surface area (TPSA) is 144 Å². The highest BCUT2D eigenvalue weighted by molar-refractivity contribution is 6.19. The van der Waals surface area contributed by atoms with Crippen LogP contribution in [0, 0.1) is 0 Å². The van der Waals surface area contributed by atoms with Crippen molar-refractivity contribution in [2.24, 2.45) is 0 Å². The molecule has 0 bridgehead atoms. The van der Waals surface area contributed by atoms with E-state index in [2.05, 4.69) is 20.4 Å². The van der Waals surface area contributed by atoms with Crippen molar-refractivity contribution in [3.63, 3.8) is 0 Å². The first-order chi connectivity index (χ1) is 16.5. The number of esters is 2. The Labute approximate surface area is 192 Å². The maximum Gasteiger partial charge on any atom is 0.338 e. The summed E-state index contributed by atoms with van der Waals surface area (Å²) in [5.74, 6) is -2.34. The summed E-state index contributed by atoms with van der Waals surface area (Å²) in [6.45, 7) is 0. The van der Waals surface area contributed by atoms with E-state index < -0.39 is 23.5 Å². The van der Waals surface area contributed by atoms with Gasteiger partial charge in [0.1, 0.15) is 0 Å². The Kier molecular flexibility index (Phi) is 6.13. The molecule has 0 atom stereocenters. The number of nitrogens with one attached hydrogen (secondary N) is 2. The summed E-state index contributed by atoms with van der Waals surface area (Å²) in [7, 11) is 2.45. The minimum Gasteiger partial charge on any atom is -0.465 e. The first-order valence-corrected chi connectivity index (χ1v) is 9.99. The fourth-order valence-electron chi connectivity index (χ4n) is 3.53. The number of carbonyl (C=O) groups excluding carboxylic acids is 4. The summed E-state index contributed by atoms with van der Waals surface area (Å²) in [6.07, 6.45) is 2.59. The minimum absolute atomic E-state index is 0.0927. The molecular formula is C24H18N4O6. The maximum absolute atomic E-state index is 13.3. The molecule has 2 heterocycles. The Hall–Kier alpha value is -4.86. The molecule has 2 aromatic carbocycles. The lowest BCUT2D eigenvalue weighted by atomic mass is 9.94. The zero-order chi connectivity index (χ0) is 24.2. The SMILES string of the molecule is COC(=O)c1ccccc1C(=O)c1cn[nH]c1-c1[nH]ncc1C(=O)c1ccccc1C(=O)OC. The largest absolute Gasteiger partial charge is 0.465 e. The molecule has 10 nitrogen and oxygen atoms in total. The molecule has 0 amide bonds. The normalized spacial score (nSPS) is 10.5. The second kappa shape index (κ2) is 9.33. The van der Waals surface area contributed by atoms with Crippen molar-refractivity contribution in [3.05, 3.63) is 94.3 Å². The van der Waals surface area contributed by atoms with Crippen LogP contribution in [0.25, 0.3) is 11.4 Å². The molecule has 0 aliphatic carbocycles. The Bertz CT molecular complexity index is 1310. The van der Waals surface area contributed by atoms with Gasteiger partial charge in [-0.25, -0.2) is 9.59 Å². The monoisotopic (exact) mass is 458 g/mol. The van der Waals surface area contributed by atoms with Crippen LogP contribution in [0.1, 0.15) is 52.6 Å². The van der Waals surface area contributed by atoms with E-state index >= 15 is 0 Å². The van der Waals surface area contributed by atoms with Gasteiger partial charge in [0.2, 0.25) is 0 Å². The summed E-state index contributed by atoms with van der Waals surface area (Å²) < 4.78 is 9.55. The average molecular weight is 458 g/mol. The zero-order valence-electron chi connectivity index (χ0n) is 18.1. The summed E-state index contributed by atoms with van der Waals surface area (Å²) in [6, 6.07) is 12.4. The van der Waals surface area contributed by atoms with Crippen LogP contribution in [0.2, 0.25) is 0 Å². The van der Waals surface area contributed by atoms with Crippen LogP contribution >= 0.6 is 0 Å². The van der Waals surface area contributed by atoms with E-state index in [1.54, 1.807) is 24.3 Å². The first kappa shape index (κ1) is 22.3. The summed E-state index contributed by atoms with van der Waals surface area (Å²) in [4.78, 5) is 51.0. The molecule has 0 radical (unpaired) electrons. The number of H-pyrrole nitrogens is 2. The van der Waals surface area contributed by atoms with Crippen molar-refractivity contribution in [1.29, 1.82) is 0 Å². The van der Waals surface area contributed by atoms with Crippen molar-refractivity contribution in [2.45, 2.75) is 0 Å². The number of aromatic nitrogens is 4. The van der Waals surface area contributed by atoms with Gasteiger partial charge in [-0.3, -0.25) is 19.8 Å². The molecule has 10 heteroatoms. The molecule has 0 fully saturated rings. The van der Waals surface area contributed by atoms with Gasteiger partial charge >= 0.3 is 11.9 Å². The van der Waals surface area contributed by atoms with Crippen LogP contribution in [-0.2, 0) is 9.47 Å². The molecule has 0 aliphatic heterocycles. The smallest absolute Gasteiger partial charge is 0.338 e. The Morgan fingerprint density at radius 3 is 1.29 bits per heavy atom. The van der Waals surface area contributed by atoms with Crippen molar-refractivity contribution in [1.82, 2.24) is 20.4 Å². The third kappa shape index (κ3) is 3.88. The van der Waals surface area contributed by atoms with Gasteiger partial charge in [-0.1, -0.05) is 36.4 Å². The predicted octanol–water partition coefficient (Wildman–Crippen LogP) is 2.84. The van der Waals surface area contributed by atoms with Crippen molar-refractivity contribution < 1.29 is 28.7 Å². The quantitative estimate of drug-likeness (QED) is 0.318. The number of ether oxygens (including phenoxy) is 2. The van der Waals surface area contributed by atoms with E-state index in [0.717, 1.165) is 0 Å². The van der Waals surface area contributed by atoms with Crippen molar-refractivity contribution in [3.8, 4) is 11.4 Å². The Morgan fingerprint density at radius 1 is 0.588 bits per heavy atom. The highest BCUT2D eigenvalue weighted by atomic mass is 16.5. The molecule has 0 unspecified atom stereocenters. The number of hydrogen-bond acceptors (Lipinski definition) is 8. The number of aromatic amines is 2. The summed E-state index contributed by atoms with van der Waals surface area (Å²) in [5.41, 5.74) is 1.01. The zero-order valence-corrected chi connectivity index (χ0v) is 18.1. The number of hydrogen-bond donors (Lipinski definition) is 2. The third-order valence-electron chi connectivity index (χ3n) is 5.17. The molecule has 34 heavy (non-hydrogen) atoms. The highest BCUT2D eigenvalue weighted by Crippen LogP contribution is 2.28. The number of rotatable bonds is 7. The van der Waals surface area contributed by atoms with Crippen LogP contribution < -0.4 is 0 Å². The molecule has 2 N–H and O–H groups in total. The van der Waals surface area contributed by atoms with Crippen LogP contribution in [0.3, 0.4) is 0 Å². The first-order valence-electron chi connectivity index (χ1n) is 9.99. The summed E-state index contributed by atoms with van der Waals surface area (Å²) >= 11 is 0. The third-order valence-corrected chi connectivity index (χ3v) is 5.17. The van der Waals surface area contributed by atoms with Gasteiger partial charge in [0, 0.05) is 11.1 Å². The number of nitrogens with zero attached hydrogens (tertiary/aromatic N) is 2. The molecule has 0 saturated carbocycles. The van der Waals surface area contributed by atoms with Gasteiger partial charge in [0.05, 0.1) is 60.3 Å². The lowest BCUT2D eigenvalue weighted by Crippen LogP contribution is -2.13. The Balaban J connectivity index is 1.78. The van der Waals surface area contributed by atoms with E-state index in [9.17, 15) is 19.2 Å². The van der Waals surface area contributed by atoms with Gasteiger partial charge in [-0.2, -0.15) is 10.2 Å². The molecule has 0 saturated heterocycles. The summed E-state index contributed by atoms with van der Waals surface area (Å²) in [5, 5.41) is 13.3. The van der Waals surface area contributed by atoms with Crippen LogP contribution in [-0.4, -0.2) is 58.1 Å². The van der Waals surface area contributed by atoms with Gasteiger partial charge in [0.25, 0.3) is 0 Å². The molecule has 0 spiro atoms. The molecular weight excluding hydrogens is 440 g/mol. The molecule has 2 aromatic heterocycles. The second-order valence-corrected chi connectivity index (χ2v) is 7.05. The number of benzene rings is 2. The van der Waals surface area contributed by atoms with E-state index in [0.29, 0.717) is 0 Å². The fourth-order valence-corrected chi connectivity index (χ4v) is 3.53. The Morgan fingerprint density at radius 2 is 0.941 bits per heavy atom. The average Bonchev–Trinajstić information content (AvgIpc) is 3.56. The standard InChI is InChI=1S/C24H18N4O6/c1-33-23(31)15-9-5-3-7-13(15)21(29)17-11-25-27-19(17)20-18(12-26-28-20)22(30)14-8-4-6-10-16(14)24(32)34-2/h3-12H,1-2H3,(H,25,27)(H,26,28). The second-order valence-electron chi connectivity index (χ2n) is 7.05.